The Hall–Kier alpha value is -0.0138. The summed E-state index contributed by atoms with van der Waals surface area (Å²) in [4.78, 5) is 0. The summed E-state index contributed by atoms with van der Waals surface area (Å²) < 4.78 is 1.36. The van der Waals surface area contributed by atoms with E-state index in [9.17, 15) is 0 Å². The average molecular weight is 115 g/mol. The fourth-order valence-corrected chi connectivity index (χ4v) is 0.824. The van der Waals surface area contributed by atoms with Gasteiger partial charge in [0.05, 0.1) is 0 Å². The molecule has 1 radical (unpaired) electrons. The molecule has 0 aliphatic heterocycles. The molecule has 0 aliphatic carbocycles. The molecule has 1 rings (SSSR count). The first-order valence-corrected chi connectivity index (χ1v) is 3.38. The predicted molar refractivity (Wildman–Crippen MR) is 36.6 cm³/mol. The summed E-state index contributed by atoms with van der Waals surface area (Å²) in [6.07, 6.45) is 0. The zero-order valence-corrected chi connectivity index (χ0v) is 6.43. The van der Waals surface area contributed by atoms with Gasteiger partial charge in [-0.05, 0) is 6.92 Å². The maximum absolute atomic E-state index is 2.13. The van der Waals surface area contributed by atoms with E-state index in [0.29, 0.717) is 0 Å². The van der Waals surface area contributed by atoms with Crippen molar-refractivity contribution in [1.82, 2.24) is 0 Å². The number of benzene rings is 1. The number of hydrogen-bond donors (Lipinski definition) is 0. The third kappa shape index (κ3) is 1.49. The van der Waals surface area contributed by atoms with Crippen LogP contribution >= 0.6 is 0 Å². The third-order valence-corrected chi connectivity index (χ3v) is 1.59. The molecule has 0 nitrogen and oxygen atoms in total. The van der Waals surface area contributed by atoms with E-state index in [1.54, 1.807) is 0 Å². The van der Waals surface area contributed by atoms with Crippen LogP contribution in [-0.4, -0.2) is 21.7 Å². The van der Waals surface area contributed by atoms with E-state index in [2.05, 4.69) is 31.2 Å². The highest BCUT2D eigenvalue weighted by Gasteiger charge is 1.78. The van der Waals surface area contributed by atoms with Crippen molar-refractivity contribution in [3.63, 3.8) is 0 Å². The Morgan fingerprint density at radius 1 is 1.12 bits per heavy atom. The van der Waals surface area contributed by atoms with Crippen LogP contribution in [0.15, 0.2) is 24.3 Å². The molecule has 0 spiro atoms. The van der Waals surface area contributed by atoms with Gasteiger partial charge in [0.1, 0.15) is 0 Å². The van der Waals surface area contributed by atoms with E-state index >= 15 is 0 Å². The Labute approximate surface area is 62.3 Å². The van der Waals surface area contributed by atoms with E-state index in [0.717, 1.165) is 0 Å². The van der Waals surface area contributed by atoms with Crippen molar-refractivity contribution in [3.8, 4) is 0 Å². The standard InChI is InChI=1S/C7H7.Mg/c1-7-5-3-2-4-6-7;/h3-6H,1H3;. The van der Waals surface area contributed by atoms with Crippen molar-refractivity contribution in [3.05, 3.63) is 29.8 Å². The van der Waals surface area contributed by atoms with Gasteiger partial charge in [-0.25, -0.2) is 3.69 Å². The fraction of sp³-hybridized carbons (Fsp3) is 0.143. The van der Waals surface area contributed by atoms with Gasteiger partial charge >= 0.3 is 0 Å². The summed E-state index contributed by atoms with van der Waals surface area (Å²) in [6, 6.07) is 8.52. The Morgan fingerprint density at radius 3 is 2.00 bits per heavy atom. The second-order valence-corrected chi connectivity index (χ2v) is 2.80. The van der Waals surface area contributed by atoms with Gasteiger partial charge < -0.3 is 0 Å². The second kappa shape index (κ2) is 2.51. The van der Waals surface area contributed by atoms with Crippen molar-refractivity contribution >= 4 is 25.4 Å². The smallest absolute Gasteiger partial charge is 0.208 e. The molecule has 8 heavy (non-hydrogen) atoms. The molecule has 0 saturated heterocycles. The molecule has 0 atom stereocenters. The summed E-state index contributed by atoms with van der Waals surface area (Å²) in [7, 11) is 0. The summed E-state index contributed by atoms with van der Waals surface area (Å²) in [5.41, 5.74) is 1.33. The topological polar surface area (TPSA) is 0 Å². The molecule has 0 aromatic heterocycles. The first-order chi connectivity index (χ1) is 3.79. The Balaban J connectivity index is 3.03. The molecule has 1 aromatic carbocycles. The van der Waals surface area contributed by atoms with Crippen LogP contribution in [0, 0.1) is 6.92 Å². The Bertz CT molecular complexity index is 143. The summed E-state index contributed by atoms with van der Waals surface area (Å²) in [5.74, 6) is 0. The summed E-state index contributed by atoms with van der Waals surface area (Å²) in [5, 5.41) is 0. The normalized spacial score (nSPS) is 9.00. The van der Waals surface area contributed by atoms with Gasteiger partial charge in [-0.3, -0.25) is 0 Å². The third-order valence-electron chi connectivity index (χ3n) is 1.12. The largest absolute Gasteiger partial charge is 0.276 e. The molecule has 37 valence electrons. The van der Waals surface area contributed by atoms with Crippen molar-refractivity contribution in [1.29, 1.82) is 0 Å². The first kappa shape index (κ1) is 6.11. The first-order valence-electron chi connectivity index (χ1n) is 2.67. The summed E-state index contributed by atoms with van der Waals surface area (Å²) in [6.45, 7) is 2.10. The van der Waals surface area contributed by atoms with Gasteiger partial charge in [-0.15, -0.1) is 0 Å². The number of rotatable bonds is 0. The maximum Gasteiger partial charge on any atom is 0.276 e. The van der Waals surface area contributed by atoms with E-state index in [-0.39, 0.29) is 0 Å². The lowest BCUT2D eigenvalue weighted by Gasteiger charge is -1.92. The predicted octanol–water partition coefficient (Wildman–Crippen LogP) is 0.789. The van der Waals surface area contributed by atoms with Gasteiger partial charge in [-0.2, -0.15) is 0 Å². The minimum Gasteiger partial charge on any atom is -0.208 e. The average Bonchev–Trinajstić information content (AvgIpc) is 1.77. The minimum atomic E-state index is 1.33. The lowest BCUT2D eigenvalue weighted by Crippen LogP contribution is -1.98. The molecule has 1 aromatic rings. The molecule has 0 heterocycles. The summed E-state index contributed by atoms with van der Waals surface area (Å²) >= 11 is 1.91. The maximum atomic E-state index is 2.13. The molecule has 0 aliphatic rings. The van der Waals surface area contributed by atoms with Crippen molar-refractivity contribution in [2.45, 2.75) is 6.92 Å². The quantitative estimate of drug-likeness (QED) is 0.439. The molecule has 0 amide bonds. The minimum absolute atomic E-state index is 1.33. The molecule has 1 heteroatoms. The Morgan fingerprint density at radius 2 is 1.62 bits per heavy atom. The van der Waals surface area contributed by atoms with Gasteiger partial charge in [0.25, 0.3) is 21.7 Å². The molecule has 0 N–H and O–H groups in total. The van der Waals surface area contributed by atoms with E-state index < -0.39 is 0 Å². The highest BCUT2D eigenvalue weighted by molar-refractivity contribution is 6.32. The highest BCUT2D eigenvalue weighted by atomic mass is 24.4. The molecular weight excluding hydrogens is 108 g/mol. The van der Waals surface area contributed by atoms with Gasteiger partial charge in [0, 0.05) is 0 Å². The van der Waals surface area contributed by atoms with Crippen LogP contribution in [0.4, 0.5) is 0 Å². The van der Waals surface area contributed by atoms with Crippen LogP contribution in [0.1, 0.15) is 5.56 Å². The molecule has 0 saturated carbocycles. The van der Waals surface area contributed by atoms with Crippen LogP contribution < -0.4 is 3.69 Å². The van der Waals surface area contributed by atoms with Crippen LogP contribution in [0.2, 0.25) is 0 Å². The van der Waals surface area contributed by atoms with Crippen LogP contribution in [0.3, 0.4) is 0 Å². The zero-order chi connectivity index (χ0) is 5.98. The molecule has 0 bridgehead atoms. The molecule has 0 unspecified atom stereocenters. The van der Waals surface area contributed by atoms with Crippen LogP contribution in [0.25, 0.3) is 0 Å². The number of aryl methyl sites for hydroxylation is 1. The number of hydrogen-bond acceptors (Lipinski definition) is 0. The monoisotopic (exact) mass is 115 g/mol. The molecule has 0 fully saturated rings. The zero-order valence-electron chi connectivity index (χ0n) is 5.02. The van der Waals surface area contributed by atoms with Gasteiger partial charge in [0.15, 0.2) is 0 Å². The van der Waals surface area contributed by atoms with Crippen molar-refractivity contribution < 1.29 is 0 Å². The lowest BCUT2D eigenvalue weighted by atomic mass is 10.2. The van der Waals surface area contributed by atoms with Crippen LogP contribution in [-0.2, 0) is 0 Å². The van der Waals surface area contributed by atoms with Crippen LogP contribution in [0.5, 0.6) is 0 Å². The fourth-order valence-electron chi connectivity index (χ4n) is 0.588. The molecular formula is C7H7Mg. The van der Waals surface area contributed by atoms with E-state index in [4.69, 9.17) is 0 Å². The van der Waals surface area contributed by atoms with Gasteiger partial charge in [0.2, 0.25) is 0 Å². The lowest BCUT2D eigenvalue weighted by molar-refractivity contribution is 1.49. The second-order valence-electron chi connectivity index (χ2n) is 1.99. The highest BCUT2D eigenvalue weighted by Crippen LogP contribution is 1.90. The van der Waals surface area contributed by atoms with Crippen molar-refractivity contribution in [2.24, 2.45) is 0 Å². The van der Waals surface area contributed by atoms with E-state index in [1.165, 1.54) is 9.26 Å². The SMILES string of the molecule is Cc1cc[c]([Mg])cc1. The van der Waals surface area contributed by atoms with E-state index in [1.807, 2.05) is 21.7 Å². The Kier molecular flexibility index (Phi) is 1.92. The van der Waals surface area contributed by atoms with Gasteiger partial charge in [-0.1, -0.05) is 29.8 Å². The van der Waals surface area contributed by atoms with Crippen molar-refractivity contribution in [2.75, 3.05) is 0 Å².